The minimum absolute atomic E-state index is 0.0143. The normalized spacial score (nSPS) is 29.6. The predicted octanol–water partition coefficient (Wildman–Crippen LogP) is 4.20. The lowest BCUT2D eigenvalue weighted by Crippen LogP contribution is -2.58. The fourth-order valence-corrected chi connectivity index (χ4v) is 8.63. The Morgan fingerprint density at radius 3 is 2.65 bits per heavy atom. The van der Waals surface area contributed by atoms with E-state index in [1.807, 2.05) is 24.8 Å². The first-order chi connectivity index (χ1) is 17.8. The average molecular weight is 535 g/mol. The molecule has 8 heteroatoms. The summed E-state index contributed by atoms with van der Waals surface area (Å²) in [5.41, 5.74) is 0. The molecule has 3 fully saturated rings. The Balaban J connectivity index is 1.97. The highest BCUT2D eigenvalue weighted by atomic mass is 32.2. The first-order valence-electron chi connectivity index (χ1n) is 14.1. The van der Waals surface area contributed by atoms with Crippen molar-refractivity contribution in [3.8, 4) is 0 Å². The van der Waals surface area contributed by atoms with Crippen molar-refractivity contribution in [2.24, 2.45) is 17.8 Å². The fraction of sp³-hybridized carbons (Fsp3) is 0.759. The first-order valence-corrected chi connectivity index (χ1v) is 15.0. The molecule has 2 amide bonds. The van der Waals surface area contributed by atoms with Crippen LogP contribution in [-0.2, 0) is 19.1 Å². The third kappa shape index (κ3) is 5.65. The Labute approximate surface area is 227 Å². The molecule has 3 aliphatic heterocycles. The second-order valence-electron chi connectivity index (χ2n) is 10.8. The Kier molecular flexibility index (Phi) is 10.7. The Morgan fingerprint density at radius 1 is 1.27 bits per heavy atom. The van der Waals surface area contributed by atoms with E-state index in [1.54, 1.807) is 22.7 Å². The summed E-state index contributed by atoms with van der Waals surface area (Å²) in [4.78, 5) is 45.3. The van der Waals surface area contributed by atoms with Crippen LogP contribution in [0, 0.1) is 17.8 Å². The fourth-order valence-electron chi connectivity index (χ4n) is 6.44. The lowest BCUT2D eigenvalue weighted by atomic mass is 9.71. The molecular formula is C29H46N2O5S. The van der Waals surface area contributed by atoms with Crippen molar-refractivity contribution in [3.63, 3.8) is 0 Å². The van der Waals surface area contributed by atoms with Crippen LogP contribution in [0.25, 0.3) is 0 Å². The third-order valence-electron chi connectivity index (χ3n) is 8.58. The number of fused-ring (bicyclic) bond motifs is 1. The molecule has 0 aliphatic carbocycles. The summed E-state index contributed by atoms with van der Waals surface area (Å²) in [6.45, 7) is 14.8. The maximum Gasteiger partial charge on any atom is 0.310 e. The van der Waals surface area contributed by atoms with Crippen molar-refractivity contribution in [1.82, 2.24) is 9.80 Å². The van der Waals surface area contributed by atoms with E-state index >= 15 is 0 Å². The number of nitrogens with zero attached hydrogens (tertiary/aromatic N) is 2. The van der Waals surface area contributed by atoms with Crippen LogP contribution in [0.2, 0.25) is 0 Å². The van der Waals surface area contributed by atoms with Crippen molar-refractivity contribution >= 4 is 29.5 Å². The topological polar surface area (TPSA) is 87.1 Å². The van der Waals surface area contributed by atoms with E-state index < -0.39 is 28.7 Å². The predicted molar refractivity (Wildman–Crippen MR) is 148 cm³/mol. The highest BCUT2D eigenvalue weighted by Crippen LogP contribution is 2.67. The van der Waals surface area contributed by atoms with Crippen molar-refractivity contribution in [1.29, 1.82) is 0 Å². The number of hydrogen-bond donors (Lipinski definition) is 1. The van der Waals surface area contributed by atoms with Crippen molar-refractivity contribution in [2.45, 2.75) is 94.2 Å². The van der Waals surface area contributed by atoms with Gasteiger partial charge in [-0.3, -0.25) is 14.4 Å². The summed E-state index contributed by atoms with van der Waals surface area (Å²) < 4.78 is 5.02. The number of aliphatic hydroxyl groups excluding tert-OH is 1. The zero-order valence-corrected chi connectivity index (χ0v) is 23.7. The van der Waals surface area contributed by atoms with E-state index in [1.165, 1.54) is 0 Å². The summed E-state index contributed by atoms with van der Waals surface area (Å²) in [7, 11) is 0. The Hall–Kier alpha value is -1.80. The second-order valence-corrected chi connectivity index (χ2v) is 12.4. The molecule has 7 nitrogen and oxygen atoms in total. The maximum absolute atomic E-state index is 14.3. The molecule has 3 heterocycles. The number of amides is 2. The van der Waals surface area contributed by atoms with E-state index in [9.17, 15) is 19.5 Å². The zero-order chi connectivity index (χ0) is 27.2. The lowest BCUT2D eigenvalue weighted by molar-refractivity contribution is -0.155. The number of likely N-dealkylation sites (tertiary alicyclic amines) is 1. The number of carbonyl (C=O) groups is 3. The molecule has 0 aromatic heterocycles. The van der Waals surface area contributed by atoms with E-state index in [0.717, 1.165) is 44.9 Å². The van der Waals surface area contributed by atoms with Gasteiger partial charge in [0.1, 0.15) is 6.04 Å². The zero-order valence-electron chi connectivity index (χ0n) is 22.9. The van der Waals surface area contributed by atoms with Gasteiger partial charge in [0.2, 0.25) is 11.8 Å². The molecule has 208 valence electrons. The average Bonchev–Trinajstić information content (AvgIpc) is 3.54. The second kappa shape index (κ2) is 13.3. The molecule has 3 rings (SSSR count). The van der Waals surface area contributed by atoms with Gasteiger partial charge in [-0.15, -0.1) is 24.9 Å². The molecule has 0 saturated carbocycles. The number of unbranched alkanes of at least 4 members (excludes halogenated alkanes) is 3. The molecule has 0 aromatic carbocycles. The van der Waals surface area contributed by atoms with Crippen LogP contribution >= 0.6 is 11.8 Å². The van der Waals surface area contributed by atoms with Crippen LogP contribution in [0.3, 0.4) is 0 Å². The molecular weight excluding hydrogens is 488 g/mol. The SMILES string of the molecule is C=CCCCCOC(=O)[C@@H]1[C@H]2C(=O)N([C@@H](CO)[C@@H](C)CC)C(C(=O)N(CC=C)CCCC)C23CC[C@H]1S3. The minimum Gasteiger partial charge on any atom is -0.465 e. The van der Waals surface area contributed by atoms with Gasteiger partial charge in [0.25, 0.3) is 0 Å². The number of hydrogen-bond acceptors (Lipinski definition) is 6. The van der Waals surface area contributed by atoms with E-state index in [4.69, 9.17) is 4.74 Å². The molecule has 0 aromatic rings. The van der Waals surface area contributed by atoms with Gasteiger partial charge in [-0.1, -0.05) is 45.8 Å². The molecule has 3 aliphatic rings. The largest absolute Gasteiger partial charge is 0.465 e. The lowest BCUT2D eigenvalue weighted by Gasteiger charge is -2.41. The number of rotatable bonds is 16. The van der Waals surface area contributed by atoms with Gasteiger partial charge < -0.3 is 19.6 Å². The number of carbonyl (C=O) groups excluding carboxylic acids is 3. The number of thioether (sulfide) groups is 1. The first kappa shape index (κ1) is 29.8. The van der Waals surface area contributed by atoms with Crippen molar-refractivity contribution < 1.29 is 24.2 Å². The van der Waals surface area contributed by atoms with Gasteiger partial charge in [0, 0.05) is 18.3 Å². The minimum atomic E-state index is -0.701. The van der Waals surface area contributed by atoms with Crippen LogP contribution in [0.1, 0.15) is 72.1 Å². The molecule has 1 N–H and O–H groups in total. The van der Waals surface area contributed by atoms with Crippen LogP contribution in [0.15, 0.2) is 25.3 Å². The quantitative estimate of drug-likeness (QED) is 0.181. The monoisotopic (exact) mass is 534 g/mol. The van der Waals surface area contributed by atoms with Crippen molar-refractivity contribution in [2.75, 3.05) is 26.3 Å². The Bertz CT molecular complexity index is 850. The van der Waals surface area contributed by atoms with Crippen LogP contribution in [0.5, 0.6) is 0 Å². The standard InChI is InChI=1S/C29H46N2O5S/c1-6-10-12-13-18-36-28(35)23-22-14-15-29(37-22)24(23)26(33)31(21(19-32)20(5)9-4)25(29)27(34)30(16-8-3)17-11-7-2/h6,8,20-25,32H,1,3,7,9-19H2,2,4-5H3/t20-,21-,22+,23-,24-,25?,29?/m0/s1. The van der Waals surface area contributed by atoms with Gasteiger partial charge in [0.15, 0.2) is 0 Å². The summed E-state index contributed by atoms with van der Waals surface area (Å²) in [5, 5.41) is 10.4. The highest BCUT2D eigenvalue weighted by molar-refractivity contribution is 8.02. The molecule has 7 atom stereocenters. The number of allylic oxidation sites excluding steroid dienone is 1. The summed E-state index contributed by atoms with van der Waals surface area (Å²) in [6.07, 6.45) is 10.2. The number of esters is 1. The summed E-state index contributed by atoms with van der Waals surface area (Å²) in [6, 6.07) is -1.17. The third-order valence-corrected chi connectivity index (χ3v) is 10.5. The van der Waals surface area contributed by atoms with Crippen LogP contribution < -0.4 is 0 Å². The highest BCUT2D eigenvalue weighted by Gasteiger charge is 2.75. The number of aliphatic hydroxyl groups is 1. The van der Waals surface area contributed by atoms with Gasteiger partial charge in [0.05, 0.1) is 35.8 Å². The molecule has 0 radical (unpaired) electrons. The molecule has 3 saturated heterocycles. The van der Waals surface area contributed by atoms with Gasteiger partial charge in [-0.2, -0.15) is 0 Å². The summed E-state index contributed by atoms with van der Waals surface area (Å²) >= 11 is 1.65. The summed E-state index contributed by atoms with van der Waals surface area (Å²) in [5.74, 6) is -1.71. The molecule has 1 spiro atoms. The Morgan fingerprint density at radius 2 is 2.03 bits per heavy atom. The molecule has 2 unspecified atom stereocenters. The maximum atomic E-state index is 14.3. The van der Waals surface area contributed by atoms with E-state index in [0.29, 0.717) is 26.1 Å². The van der Waals surface area contributed by atoms with E-state index in [-0.39, 0.29) is 35.6 Å². The van der Waals surface area contributed by atoms with Crippen LogP contribution in [-0.4, -0.2) is 81.1 Å². The molecule has 2 bridgehead atoms. The van der Waals surface area contributed by atoms with Gasteiger partial charge in [-0.05, 0) is 44.4 Å². The van der Waals surface area contributed by atoms with Gasteiger partial charge >= 0.3 is 5.97 Å². The smallest absolute Gasteiger partial charge is 0.310 e. The van der Waals surface area contributed by atoms with E-state index in [2.05, 4.69) is 20.1 Å². The van der Waals surface area contributed by atoms with Crippen molar-refractivity contribution in [3.05, 3.63) is 25.3 Å². The van der Waals surface area contributed by atoms with Crippen LogP contribution in [0.4, 0.5) is 0 Å². The van der Waals surface area contributed by atoms with Gasteiger partial charge in [-0.25, -0.2) is 0 Å². The number of ether oxygens (including phenoxy) is 1. The molecule has 37 heavy (non-hydrogen) atoms.